The summed E-state index contributed by atoms with van der Waals surface area (Å²) in [5.74, 6) is 0.526. The predicted molar refractivity (Wildman–Crippen MR) is 53.9 cm³/mol. The number of carbonyl (C=O) groups excluding carboxylic acids is 1. The van der Waals surface area contributed by atoms with Crippen molar-refractivity contribution >= 4 is 23.1 Å². The summed E-state index contributed by atoms with van der Waals surface area (Å²) in [5, 5.41) is 2.74. The van der Waals surface area contributed by atoms with E-state index in [0.717, 1.165) is 6.42 Å². The Labute approximate surface area is 78.7 Å². The summed E-state index contributed by atoms with van der Waals surface area (Å²) in [6, 6.07) is 0. The summed E-state index contributed by atoms with van der Waals surface area (Å²) in [7, 11) is 0. The smallest absolute Gasteiger partial charge is 0.226 e. The molecule has 1 amide bonds. The highest BCUT2D eigenvalue weighted by molar-refractivity contribution is 7.80. The standard InChI is InChI=1S/C8H16N2OS/c1-6(2)3-4-10-8(11)5-7(9)12/h6H,3-5H2,1-2H3,(H2,9,12)(H,10,11). The number of carbonyl (C=O) groups is 1. The molecule has 4 heteroatoms. The van der Waals surface area contributed by atoms with Crippen LogP contribution in [-0.4, -0.2) is 17.4 Å². The third kappa shape index (κ3) is 7.47. The van der Waals surface area contributed by atoms with Crippen LogP contribution in [0.4, 0.5) is 0 Å². The van der Waals surface area contributed by atoms with Crippen molar-refractivity contribution in [2.24, 2.45) is 11.7 Å². The summed E-state index contributed by atoms with van der Waals surface area (Å²) in [4.78, 5) is 11.2. The molecule has 0 aromatic heterocycles. The van der Waals surface area contributed by atoms with Crippen LogP contribution in [0.3, 0.4) is 0 Å². The Hall–Kier alpha value is -0.640. The first-order valence-electron chi connectivity index (χ1n) is 4.07. The molecule has 0 fully saturated rings. The molecule has 70 valence electrons. The zero-order chi connectivity index (χ0) is 9.56. The van der Waals surface area contributed by atoms with Crippen LogP contribution in [0.1, 0.15) is 26.7 Å². The molecule has 0 saturated carbocycles. The molecule has 0 aromatic carbocycles. The van der Waals surface area contributed by atoms with E-state index in [1.165, 1.54) is 0 Å². The summed E-state index contributed by atoms with van der Waals surface area (Å²) < 4.78 is 0. The SMILES string of the molecule is CC(C)CCNC(=O)CC(N)=S. The van der Waals surface area contributed by atoms with E-state index in [1.54, 1.807) is 0 Å². The van der Waals surface area contributed by atoms with Crippen LogP contribution in [0.5, 0.6) is 0 Å². The van der Waals surface area contributed by atoms with Gasteiger partial charge < -0.3 is 11.1 Å². The number of rotatable bonds is 5. The van der Waals surface area contributed by atoms with E-state index in [-0.39, 0.29) is 17.3 Å². The summed E-state index contributed by atoms with van der Waals surface area (Å²) in [5.41, 5.74) is 5.20. The molecule has 3 nitrogen and oxygen atoms in total. The second kappa shape index (κ2) is 5.94. The fourth-order valence-electron chi connectivity index (χ4n) is 0.721. The fourth-order valence-corrected chi connectivity index (χ4v) is 0.852. The van der Waals surface area contributed by atoms with Gasteiger partial charge in [-0.3, -0.25) is 4.79 Å². The lowest BCUT2D eigenvalue weighted by Crippen LogP contribution is -2.28. The molecule has 12 heavy (non-hydrogen) atoms. The second-order valence-electron chi connectivity index (χ2n) is 3.18. The maximum absolute atomic E-state index is 11.0. The fraction of sp³-hybridized carbons (Fsp3) is 0.750. The van der Waals surface area contributed by atoms with Crippen molar-refractivity contribution in [3.05, 3.63) is 0 Å². The van der Waals surface area contributed by atoms with E-state index < -0.39 is 0 Å². The van der Waals surface area contributed by atoms with E-state index in [4.69, 9.17) is 5.73 Å². The van der Waals surface area contributed by atoms with Gasteiger partial charge in [-0.2, -0.15) is 0 Å². The van der Waals surface area contributed by atoms with Gasteiger partial charge in [-0.1, -0.05) is 26.1 Å². The minimum Gasteiger partial charge on any atom is -0.393 e. The Morgan fingerprint density at radius 2 is 2.17 bits per heavy atom. The van der Waals surface area contributed by atoms with E-state index in [0.29, 0.717) is 12.5 Å². The molecule has 0 saturated heterocycles. The minimum absolute atomic E-state index is 0.0804. The van der Waals surface area contributed by atoms with Crippen molar-refractivity contribution in [2.75, 3.05) is 6.54 Å². The Balaban J connectivity index is 3.38. The van der Waals surface area contributed by atoms with Crippen LogP contribution in [0.2, 0.25) is 0 Å². The highest BCUT2D eigenvalue weighted by atomic mass is 32.1. The number of hydrogen-bond acceptors (Lipinski definition) is 2. The number of nitrogens with one attached hydrogen (secondary N) is 1. The molecule has 0 aromatic rings. The van der Waals surface area contributed by atoms with Crippen molar-refractivity contribution in [1.29, 1.82) is 0 Å². The monoisotopic (exact) mass is 188 g/mol. The Bertz CT molecular complexity index is 168. The summed E-state index contributed by atoms with van der Waals surface area (Å²) in [6.45, 7) is 4.93. The van der Waals surface area contributed by atoms with Gasteiger partial charge in [-0.15, -0.1) is 0 Å². The zero-order valence-electron chi connectivity index (χ0n) is 7.59. The quantitative estimate of drug-likeness (QED) is 0.628. The maximum Gasteiger partial charge on any atom is 0.226 e. The predicted octanol–water partition coefficient (Wildman–Crippen LogP) is 0.825. The van der Waals surface area contributed by atoms with Gasteiger partial charge in [0, 0.05) is 6.54 Å². The molecule has 0 atom stereocenters. The number of nitrogens with two attached hydrogens (primary N) is 1. The van der Waals surface area contributed by atoms with Gasteiger partial charge in [0.15, 0.2) is 0 Å². The van der Waals surface area contributed by atoms with Crippen molar-refractivity contribution in [2.45, 2.75) is 26.7 Å². The molecule has 0 aliphatic carbocycles. The van der Waals surface area contributed by atoms with E-state index in [2.05, 4.69) is 31.4 Å². The largest absolute Gasteiger partial charge is 0.393 e. The lowest BCUT2D eigenvalue weighted by atomic mass is 10.1. The van der Waals surface area contributed by atoms with Gasteiger partial charge in [0.25, 0.3) is 0 Å². The van der Waals surface area contributed by atoms with Crippen LogP contribution < -0.4 is 11.1 Å². The highest BCUT2D eigenvalue weighted by Gasteiger charge is 2.01. The third-order valence-corrected chi connectivity index (χ3v) is 1.52. The third-order valence-electron chi connectivity index (χ3n) is 1.38. The molecular formula is C8H16N2OS. The zero-order valence-corrected chi connectivity index (χ0v) is 8.41. The molecule has 3 N–H and O–H groups in total. The Morgan fingerprint density at radius 3 is 2.58 bits per heavy atom. The highest BCUT2D eigenvalue weighted by Crippen LogP contribution is 1.96. The van der Waals surface area contributed by atoms with Crippen molar-refractivity contribution in [3.63, 3.8) is 0 Å². The van der Waals surface area contributed by atoms with Crippen LogP contribution >= 0.6 is 12.2 Å². The van der Waals surface area contributed by atoms with Gasteiger partial charge in [0.1, 0.15) is 0 Å². The van der Waals surface area contributed by atoms with Crippen LogP contribution in [0.25, 0.3) is 0 Å². The van der Waals surface area contributed by atoms with Crippen molar-refractivity contribution in [3.8, 4) is 0 Å². The second-order valence-corrected chi connectivity index (χ2v) is 3.70. The first kappa shape index (κ1) is 11.4. The van der Waals surface area contributed by atoms with Gasteiger partial charge in [0.05, 0.1) is 11.4 Å². The minimum atomic E-state index is -0.0804. The van der Waals surface area contributed by atoms with Gasteiger partial charge in [0.2, 0.25) is 5.91 Å². The molecule has 0 aliphatic heterocycles. The lowest BCUT2D eigenvalue weighted by Gasteiger charge is -2.05. The number of amides is 1. The summed E-state index contributed by atoms with van der Waals surface area (Å²) >= 11 is 4.59. The van der Waals surface area contributed by atoms with Crippen molar-refractivity contribution < 1.29 is 4.79 Å². The van der Waals surface area contributed by atoms with E-state index in [9.17, 15) is 4.79 Å². The van der Waals surface area contributed by atoms with Crippen LogP contribution in [0, 0.1) is 5.92 Å². The molecule has 0 spiro atoms. The molecule has 0 rings (SSSR count). The average molecular weight is 188 g/mol. The van der Waals surface area contributed by atoms with E-state index in [1.807, 2.05) is 0 Å². The molecule has 0 radical (unpaired) electrons. The topological polar surface area (TPSA) is 55.1 Å². The molecule has 0 aliphatic rings. The van der Waals surface area contributed by atoms with Crippen LogP contribution in [0.15, 0.2) is 0 Å². The van der Waals surface area contributed by atoms with E-state index >= 15 is 0 Å². The van der Waals surface area contributed by atoms with Crippen LogP contribution in [-0.2, 0) is 4.79 Å². The molecule has 0 heterocycles. The lowest BCUT2D eigenvalue weighted by molar-refractivity contribution is -0.119. The first-order chi connectivity index (χ1) is 5.52. The first-order valence-corrected chi connectivity index (χ1v) is 4.48. The Kier molecular flexibility index (Phi) is 5.62. The van der Waals surface area contributed by atoms with Gasteiger partial charge in [-0.25, -0.2) is 0 Å². The maximum atomic E-state index is 11.0. The Morgan fingerprint density at radius 1 is 1.58 bits per heavy atom. The molecule has 0 bridgehead atoms. The summed E-state index contributed by atoms with van der Waals surface area (Å²) in [6.07, 6.45) is 1.15. The van der Waals surface area contributed by atoms with Gasteiger partial charge >= 0.3 is 0 Å². The normalized spacial score (nSPS) is 9.92. The number of hydrogen-bond donors (Lipinski definition) is 2. The van der Waals surface area contributed by atoms with Gasteiger partial charge in [-0.05, 0) is 12.3 Å². The number of thiocarbonyl (C=S) groups is 1. The molecule has 0 unspecified atom stereocenters. The molecular weight excluding hydrogens is 172 g/mol. The van der Waals surface area contributed by atoms with Crippen molar-refractivity contribution in [1.82, 2.24) is 5.32 Å². The average Bonchev–Trinajstić information content (AvgIpc) is 1.84.